The molecule has 1 heterocycles. The Morgan fingerprint density at radius 1 is 1.58 bits per heavy atom. The number of nitrogens with two attached hydrogens (primary N) is 1. The molecule has 0 saturated carbocycles. The van der Waals surface area contributed by atoms with Gasteiger partial charge in [0.15, 0.2) is 0 Å². The van der Waals surface area contributed by atoms with E-state index in [1.165, 1.54) is 18.4 Å². The van der Waals surface area contributed by atoms with Gasteiger partial charge in [-0.1, -0.05) is 20.3 Å². The molecule has 1 rings (SSSR count). The molecular weight excluding hydrogens is 148 g/mol. The summed E-state index contributed by atoms with van der Waals surface area (Å²) >= 11 is 0. The lowest BCUT2D eigenvalue weighted by Gasteiger charge is -2.11. The van der Waals surface area contributed by atoms with Gasteiger partial charge in [0.05, 0.1) is 0 Å². The molecule has 0 saturated heterocycles. The molecule has 0 radical (unpaired) electrons. The lowest BCUT2D eigenvalue weighted by Crippen LogP contribution is -1.99. The normalized spacial score (nSPS) is 12.8. The first kappa shape index (κ1) is 9.04. The van der Waals surface area contributed by atoms with Crippen LogP contribution >= 0.6 is 0 Å². The third kappa shape index (κ3) is 1.97. The Balaban J connectivity index is 2.79. The van der Waals surface area contributed by atoms with Crippen LogP contribution in [0.1, 0.15) is 38.2 Å². The molecule has 1 aromatic heterocycles. The maximum Gasteiger partial charge on any atom is 0.0380 e. The third-order valence-corrected chi connectivity index (χ3v) is 2.14. The van der Waals surface area contributed by atoms with Crippen LogP contribution in [0.25, 0.3) is 0 Å². The van der Waals surface area contributed by atoms with Crippen molar-refractivity contribution in [2.75, 3.05) is 5.73 Å². The molecule has 0 aliphatic carbocycles. The lowest BCUT2D eigenvalue weighted by molar-refractivity contribution is 0.664. The van der Waals surface area contributed by atoms with Crippen molar-refractivity contribution in [2.45, 2.75) is 32.6 Å². The van der Waals surface area contributed by atoms with Crippen molar-refractivity contribution in [3.05, 3.63) is 24.0 Å². The predicted octanol–water partition coefficient (Wildman–Crippen LogP) is 2.57. The number of hydrogen-bond donors (Lipinski definition) is 1. The quantitative estimate of drug-likeness (QED) is 0.745. The Kier molecular flexibility index (Phi) is 3.09. The van der Waals surface area contributed by atoms with E-state index in [2.05, 4.69) is 18.8 Å². The lowest BCUT2D eigenvalue weighted by atomic mass is 9.97. The zero-order chi connectivity index (χ0) is 8.97. The van der Waals surface area contributed by atoms with E-state index >= 15 is 0 Å². The average molecular weight is 164 g/mol. The maximum atomic E-state index is 5.81. The molecule has 12 heavy (non-hydrogen) atoms. The van der Waals surface area contributed by atoms with Gasteiger partial charge in [-0.15, -0.1) is 0 Å². The summed E-state index contributed by atoms with van der Waals surface area (Å²) in [6, 6.07) is 1.86. The number of hydrogen-bond acceptors (Lipinski definition) is 2. The maximum absolute atomic E-state index is 5.81. The van der Waals surface area contributed by atoms with Gasteiger partial charge in [0.25, 0.3) is 0 Å². The monoisotopic (exact) mass is 164 g/mol. The average Bonchev–Trinajstić information content (AvgIpc) is 2.05. The Labute approximate surface area is 73.8 Å². The minimum atomic E-state index is 0.531. The van der Waals surface area contributed by atoms with Crippen LogP contribution in [0.3, 0.4) is 0 Å². The van der Waals surface area contributed by atoms with Crippen LogP contribution in [0, 0.1) is 0 Å². The highest BCUT2D eigenvalue weighted by Crippen LogP contribution is 2.24. The van der Waals surface area contributed by atoms with Gasteiger partial charge in [-0.25, -0.2) is 0 Å². The molecule has 2 N–H and O–H groups in total. The minimum absolute atomic E-state index is 0.531. The zero-order valence-electron chi connectivity index (χ0n) is 7.75. The summed E-state index contributed by atoms with van der Waals surface area (Å²) in [5, 5.41) is 0. The SMILES string of the molecule is CCCC(C)c1cnccc1N. The van der Waals surface area contributed by atoms with Gasteiger partial charge in [0, 0.05) is 18.1 Å². The van der Waals surface area contributed by atoms with Crippen LogP contribution in [0.4, 0.5) is 5.69 Å². The highest BCUT2D eigenvalue weighted by Gasteiger charge is 2.06. The second kappa shape index (κ2) is 4.10. The fourth-order valence-electron chi connectivity index (χ4n) is 1.42. The molecule has 0 aliphatic rings. The highest BCUT2D eigenvalue weighted by atomic mass is 14.7. The van der Waals surface area contributed by atoms with Gasteiger partial charge in [-0.05, 0) is 24.0 Å². The van der Waals surface area contributed by atoms with E-state index in [-0.39, 0.29) is 0 Å². The molecule has 2 heteroatoms. The number of nitrogens with zero attached hydrogens (tertiary/aromatic N) is 1. The van der Waals surface area contributed by atoms with Crippen LogP contribution in [0.2, 0.25) is 0 Å². The molecule has 0 amide bonds. The van der Waals surface area contributed by atoms with Gasteiger partial charge in [-0.2, -0.15) is 0 Å². The number of pyridine rings is 1. The molecule has 0 spiro atoms. The fraction of sp³-hybridized carbons (Fsp3) is 0.500. The number of rotatable bonds is 3. The first-order chi connectivity index (χ1) is 5.75. The van der Waals surface area contributed by atoms with E-state index in [1.807, 2.05) is 12.3 Å². The Morgan fingerprint density at radius 2 is 2.33 bits per heavy atom. The van der Waals surface area contributed by atoms with E-state index in [4.69, 9.17) is 5.73 Å². The van der Waals surface area contributed by atoms with Gasteiger partial charge < -0.3 is 5.73 Å². The molecule has 2 nitrogen and oxygen atoms in total. The molecule has 1 atom stereocenters. The number of aromatic nitrogens is 1. The van der Waals surface area contributed by atoms with Gasteiger partial charge in [-0.3, -0.25) is 4.98 Å². The summed E-state index contributed by atoms with van der Waals surface area (Å²) < 4.78 is 0. The van der Waals surface area contributed by atoms with Crippen molar-refractivity contribution in [1.82, 2.24) is 4.98 Å². The minimum Gasteiger partial charge on any atom is -0.398 e. The van der Waals surface area contributed by atoms with Crippen LogP contribution in [-0.4, -0.2) is 4.98 Å². The van der Waals surface area contributed by atoms with E-state index in [0.29, 0.717) is 5.92 Å². The standard InChI is InChI=1S/C10H16N2/c1-3-4-8(2)9-7-12-6-5-10(9)11/h5-8H,3-4H2,1-2H3,(H2,11,12). The number of nitrogen functional groups attached to an aromatic ring is 1. The smallest absolute Gasteiger partial charge is 0.0380 e. The van der Waals surface area contributed by atoms with Crippen LogP contribution in [-0.2, 0) is 0 Å². The second-order valence-corrected chi connectivity index (χ2v) is 3.19. The summed E-state index contributed by atoms with van der Waals surface area (Å²) in [6.45, 7) is 4.37. The van der Waals surface area contributed by atoms with Crippen molar-refractivity contribution >= 4 is 5.69 Å². The third-order valence-electron chi connectivity index (χ3n) is 2.14. The molecule has 0 aromatic carbocycles. The Hall–Kier alpha value is -1.05. The molecule has 1 unspecified atom stereocenters. The summed E-state index contributed by atoms with van der Waals surface area (Å²) in [4.78, 5) is 4.07. The van der Waals surface area contributed by atoms with Crippen LogP contribution < -0.4 is 5.73 Å². The van der Waals surface area contributed by atoms with E-state index < -0.39 is 0 Å². The molecule has 1 aromatic rings. The molecule has 0 fully saturated rings. The predicted molar refractivity (Wildman–Crippen MR) is 52.0 cm³/mol. The highest BCUT2D eigenvalue weighted by molar-refractivity contribution is 5.46. The molecule has 66 valence electrons. The summed E-state index contributed by atoms with van der Waals surface area (Å²) in [7, 11) is 0. The Bertz CT molecular complexity index is 245. The van der Waals surface area contributed by atoms with Crippen molar-refractivity contribution in [3.8, 4) is 0 Å². The summed E-state index contributed by atoms with van der Waals surface area (Å²) in [5.41, 5.74) is 7.86. The zero-order valence-corrected chi connectivity index (χ0v) is 7.75. The van der Waals surface area contributed by atoms with Crippen molar-refractivity contribution < 1.29 is 0 Å². The molecule has 0 bridgehead atoms. The van der Waals surface area contributed by atoms with Crippen molar-refractivity contribution in [1.29, 1.82) is 0 Å². The molecular formula is C10H16N2. The van der Waals surface area contributed by atoms with E-state index in [1.54, 1.807) is 6.20 Å². The van der Waals surface area contributed by atoms with Gasteiger partial charge in [0.1, 0.15) is 0 Å². The van der Waals surface area contributed by atoms with Crippen molar-refractivity contribution in [2.24, 2.45) is 0 Å². The summed E-state index contributed by atoms with van der Waals surface area (Å²) in [6.07, 6.45) is 5.97. The Morgan fingerprint density at radius 3 is 2.92 bits per heavy atom. The molecule has 0 aliphatic heterocycles. The van der Waals surface area contributed by atoms with Crippen molar-refractivity contribution in [3.63, 3.8) is 0 Å². The van der Waals surface area contributed by atoms with Crippen LogP contribution in [0.15, 0.2) is 18.5 Å². The number of anilines is 1. The topological polar surface area (TPSA) is 38.9 Å². The largest absolute Gasteiger partial charge is 0.398 e. The first-order valence-corrected chi connectivity index (χ1v) is 4.45. The van der Waals surface area contributed by atoms with Crippen LogP contribution in [0.5, 0.6) is 0 Å². The fourth-order valence-corrected chi connectivity index (χ4v) is 1.42. The second-order valence-electron chi connectivity index (χ2n) is 3.19. The summed E-state index contributed by atoms with van der Waals surface area (Å²) in [5.74, 6) is 0.531. The van der Waals surface area contributed by atoms with E-state index in [9.17, 15) is 0 Å². The van der Waals surface area contributed by atoms with E-state index in [0.717, 1.165) is 5.69 Å². The van der Waals surface area contributed by atoms with Gasteiger partial charge >= 0.3 is 0 Å². The first-order valence-electron chi connectivity index (χ1n) is 4.45. The van der Waals surface area contributed by atoms with Gasteiger partial charge in [0.2, 0.25) is 0 Å².